The van der Waals surface area contributed by atoms with Crippen LogP contribution in [0.15, 0.2) is 28.0 Å². The Labute approximate surface area is 131 Å². The smallest absolute Gasteiger partial charge is 0.264 e. The lowest BCUT2D eigenvalue weighted by Gasteiger charge is -2.25. The largest absolute Gasteiger partial charge is 0.504 e. The topological polar surface area (TPSA) is 82.4 Å². The van der Waals surface area contributed by atoms with Gasteiger partial charge in [-0.05, 0) is 23.4 Å². The van der Waals surface area contributed by atoms with E-state index in [-0.39, 0.29) is 22.6 Å². The SMILES string of the molecule is CCSC1=C(C#N)C(=O)N[C@H](c2ccc(O)c(OC)c2)S1. The number of carbonyl (C=O) groups excluding carboxylic acids is 1. The summed E-state index contributed by atoms with van der Waals surface area (Å²) in [6.45, 7) is 1.97. The number of rotatable bonds is 4. The highest BCUT2D eigenvalue weighted by molar-refractivity contribution is 8.22. The van der Waals surface area contributed by atoms with Gasteiger partial charge in [0, 0.05) is 0 Å². The molecule has 2 rings (SSSR count). The molecule has 1 heterocycles. The van der Waals surface area contributed by atoms with Gasteiger partial charge in [0.05, 0.1) is 11.3 Å². The number of phenolic OH excluding ortho intramolecular Hbond substituents is 1. The molecular formula is C14H14N2O3S2. The van der Waals surface area contributed by atoms with Crippen LogP contribution < -0.4 is 10.1 Å². The molecule has 0 spiro atoms. The lowest BCUT2D eigenvalue weighted by molar-refractivity contribution is -0.117. The molecule has 1 aromatic carbocycles. The number of nitrogens with one attached hydrogen (secondary N) is 1. The number of benzene rings is 1. The molecule has 2 N–H and O–H groups in total. The molecule has 21 heavy (non-hydrogen) atoms. The highest BCUT2D eigenvalue weighted by Crippen LogP contribution is 2.44. The van der Waals surface area contributed by atoms with Crippen molar-refractivity contribution in [2.45, 2.75) is 12.3 Å². The summed E-state index contributed by atoms with van der Waals surface area (Å²) in [5, 5.41) is 21.2. The molecule has 1 amide bonds. The lowest BCUT2D eigenvalue weighted by atomic mass is 10.2. The fraction of sp³-hybridized carbons (Fsp3) is 0.286. The summed E-state index contributed by atoms with van der Waals surface area (Å²) < 4.78 is 5.80. The van der Waals surface area contributed by atoms with Crippen LogP contribution in [-0.2, 0) is 4.79 Å². The molecule has 0 bridgehead atoms. The number of amides is 1. The number of phenols is 1. The van der Waals surface area contributed by atoms with Gasteiger partial charge in [0.25, 0.3) is 5.91 Å². The number of hydrogen-bond acceptors (Lipinski definition) is 6. The van der Waals surface area contributed by atoms with Crippen LogP contribution in [0.2, 0.25) is 0 Å². The van der Waals surface area contributed by atoms with Gasteiger partial charge in [-0.2, -0.15) is 5.26 Å². The summed E-state index contributed by atoms with van der Waals surface area (Å²) in [5.74, 6) is 0.808. The Morgan fingerprint density at radius 1 is 1.57 bits per heavy atom. The summed E-state index contributed by atoms with van der Waals surface area (Å²) in [6.07, 6.45) is 0. The molecule has 5 nitrogen and oxygen atoms in total. The average Bonchev–Trinajstić information content (AvgIpc) is 2.47. The molecule has 1 aliphatic heterocycles. The molecule has 1 aliphatic rings. The highest BCUT2D eigenvalue weighted by Gasteiger charge is 2.29. The zero-order valence-corrected chi connectivity index (χ0v) is 13.2. The second kappa shape index (κ2) is 6.78. The van der Waals surface area contributed by atoms with E-state index in [1.807, 2.05) is 13.0 Å². The first-order chi connectivity index (χ1) is 10.1. The van der Waals surface area contributed by atoms with Crippen LogP contribution >= 0.6 is 23.5 Å². The zero-order valence-electron chi connectivity index (χ0n) is 11.5. The Kier molecular flexibility index (Phi) is 5.04. The van der Waals surface area contributed by atoms with E-state index in [9.17, 15) is 9.90 Å². The Morgan fingerprint density at radius 3 is 2.95 bits per heavy atom. The van der Waals surface area contributed by atoms with Crippen LogP contribution in [0.25, 0.3) is 0 Å². The predicted octanol–water partition coefficient (Wildman–Crippen LogP) is 2.75. The van der Waals surface area contributed by atoms with Crippen LogP contribution in [0.1, 0.15) is 17.9 Å². The summed E-state index contributed by atoms with van der Waals surface area (Å²) in [4.78, 5) is 12.0. The summed E-state index contributed by atoms with van der Waals surface area (Å²) >= 11 is 2.90. The third kappa shape index (κ3) is 3.28. The van der Waals surface area contributed by atoms with Crippen molar-refractivity contribution in [3.63, 3.8) is 0 Å². The van der Waals surface area contributed by atoms with Gasteiger partial charge in [-0.25, -0.2) is 0 Å². The van der Waals surface area contributed by atoms with Gasteiger partial charge in [0.1, 0.15) is 17.0 Å². The van der Waals surface area contributed by atoms with E-state index in [1.54, 1.807) is 12.1 Å². The molecule has 0 fully saturated rings. The van der Waals surface area contributed by atoms with Crippen LogP contribution in [0, 0.1) is 11.3 Å². The number of thioether (sulfide) groups is 2. The molecule has 110 valence electrons. The molecule has 7 heteroatoms. The Balaban J connectivity index is 2.33. The molecule has 1 aromatic rings. The second-order valence-corrected chi connectivity index (χ2v) is 6.76. The monoisotopic (exact) mass is 322 g/mol. The standard InChI is InChI=1S/C14H14N2O3S2/c1-3-20-14-9(7-15)12(18)16-13(21-14)8-4-5-10(17)11(6-8)19-2/h4-6,13,17H,3H2,1-2H3,(H,16,18)/t13-/m0/s1. The van der Waals surface area contributed by atoms with Crippen molar-refractivity contribution in [1.29, 1.82) is 5.26 Å². The van der Waals surface area contributed by atoms with Crippen molar-refractivity contribution in [3.05, 3.63) is 33.6 Å². The summed E-state index contributed by atoms with van der Waals surface area (Å²) in [7, 11) is 1.47. The van der Waals surface area contributed by atoms with Crippen molar-refractivity contribution in [3.8, 4) is 17.6 Å². The zero-order chi connectivity index (χ0) is 15.4. The average molecular weight is 322 g/mol. The summed E-state index contributed by atoms with van der Waals surface area (Å²) in [5.41, 5.74) is 0.961. The van der Waals surface area contributed by atoms with Gasteiger partial charge in [-0.3, -0.25) is 4.79 Å². The van der Waals surface area contributed by atoms with Crippen LogP contribution in [0.3, 0.4) is 0 Å². The predicted molar refractivity (Wildman–Crippen MR) is 83.9 cm³/mol. The first-order valence-corrected chi connectivity index (χ1v) is 8.08. The third-order valence-electron chi connectivity index (χ3n) is 2.81. The van der Waals surface area contributed by atoms with Crippen molar-refractivity contribution in [2.24, 2.45) is 0 Å². The molecule has 1 atom stereocenters. The molecule has 0 aliphatic carbocycles. The fourth-order valence-corrected chi connectivity index (χ4v) is 4.20. The first-order valence-electron chi connectivity index (χ1n) is 6.22. The van der Waals surface area contributed by atoms with E-state index in [2.05, 4.69) is 5.32 Å². The van der Waals surface area contributed by atoms with Gasteiger partial charge in [-0.1, -0.05) is 24.8 Å². The number of methoxy groups -OCH3 is 1. The second-order valence-electron chi connectivity index (χ2n) is 4.11. The fourth-order valence-electron chi connectivity index (χ4n) is 1.82. The highest BCUT2D eigenvalue weighted by atomic mass is 32.2. The van der Waals surface area contributed by atoms with Gasteiger partial charge in [-0.15, -0.1) is 11.8 Å². The minimum absolute atomic E-state index is 0.0461. The Bertz CT molecular complexity index is 638. The van der Waals surface area contributed by atoms with Crippen LogP contribution in [-0.4, -0.2) is 23.9 Å². The van der Waals surface area contributed by atoms with E-state index in [1.165, 1.54) is 36.7 Å². The van der Waals surface area contributed by atoms with Gasteiger partial charge in [0.2, 0.25) is 0 Å². The molecular weight excluding hydrogens is 308 g/mol. The Morgan fingerprint density at radius 2 is 2.33 bits per heavy atom. The minimum atomic E-state index is -0.371. The maximum absolute atomic E-state index is 12.0. The van der Waals surface area contributed by atoms with Crippen molar-refractivity contribution < 1.29 is 14.6 Å². The molecule has 0 aromatic heterocycles. The number of carbonyl (C=O) groups is 1. The summed E-state index contributed by atoms with van der Waals surface area (Å²) in [6, 6.07) is 6.88. The van der Waals surface area contributed by atoms with E-state index in [0.717, 1.165) is 15.6 Å². The normalized spacial score (nSPS) is 18.1. The van der Waals surface area contributed by atoms with Gasteiger partial charge < -0.3 is 15.2 Å². The molecule has 0 saturated carbocycles. The first kappa shape index (κ1) is 15.6. The number of nitrogens with zero attached hydrogens (tertiary/aromatic N) is 1. The van der Waals surface area contributed by atoms with Crippen molar-refractivity contribution in [2.75, 3.05) is 12.9 Å². The maximum Gasteiger partial charge on any atom is 0.264 e. The van der Waals surface area contributed by atoms with Gasteiger partial charge >= 0.3 is 0 Å². The van der Waals surface area contributed by atoms with Gasteiger partial charge in [0.15, 0.2) is 11.5 Å². The number of ether oxygens (including phenoxy) is 1. The molecule has 0 unspecified atom stereocenters. The molecule has 0 saturated heterocycles. The van der Waals surface area contributed by atoms with Crippen LogP contribution in [0.4, 0.5) is 0 Å². The minimum Gasteiger partial charge on any atom is -0.504 e. The van der Waals surface area contributed by atoms with E-state index in [0.29, 0.717) is 5.75 Å². The van der Waals surface area contributed by atoms with Crippen molar-refractivity contribution >= 4 is 29.4 Å². The number of hydrogen-bond donors (Lipinski definition) is 2. The van der Waals surface area contributed by atoms with E-state index in [4.69, 9.17) is 10.00 Å². The molecule has 0 radical (unpaired) electrons. The maximum atomic E-state index is 12.0. The number of aromatic hydroxyl groups is 1. The van der Waals surface area contributed by atoms with Crippen molar-refractivity contribution in [1.82, 2.24) is 5.32 Å². The third-order valence-corrected chi connectivity index (χ3v) is 5.25. The number of nitriles is 1. The lowest BCUT2D eigenvalue weighted by Crippen LogP contribution is -2.31. The Hall–Kier alpha value is -1.78. The van der Waals surface area contributed by atoms with Crippen LogP contribution in [0.5, 0.6) is 11.5 Å². The van der Waals surface area contributed by atoms with E-state index < -0.39 is 0 Å². The quantitative estimate of drug-likeness (QED) is 0.887. The van der Waals surface area contributed by atoms with E-state index >= 15 is 0 Å².